The largest absolute Gasteiger partial charge is 0.305 e. The van der Waals surface area contributed by atoms with Gasteiger partial charge in [-0.05, 0) is 71.5 Å². The maximum absolute atomic E-state index is 13.6. The molecule has 33 heavy (non-hydrogen) atoms. The molecule has 4 heteroatoms. The van der Waals surface area contributed by atoms with E-state index in [9.17, 15) is 4.79 Å². The van der Waals surface area contributed by atoms with Crippen molar-refractivity contribution in [2.24, 2.45) is 5.92 Å². The number of rotatable bonds is 5. The molecule has 5 rings (SSSR count). The van der Waals surface area contributed by atoms with E-state index in [0.717, 1.165) is 17.7 Å². The van der Waals surface area contributed by atoms with E-state index in [4.69, 9.17) is 23.2 Å². The van der Waals surface area contributed by atoms with E-state index in [2.05, 4.69) is 36.4 Å². The Labute approximate surface area is 204 Å². The lowest BCUT2D eigenvalue weighted by atomic mass is 9.93. The minimum absolute atomic E-state index is 0.0375. The molecular weight excluding hydrogens is 449 g/mol. The van der Waals surface area contributed by atoms with Crippen molar-refractivity contribution < 1.29 is 4.79 Å². The van der Waals surface area contributed by atoms with E-state index in [0.29, 0.717) is 16.5 Å². The van der Waals surface area contributed by atoms with Crippen LogP contribution in [0.4, 0.5) is 5.69 Å². The van der Waals surface area contributed by atoms with E-state index in [1.807, 2.05) is 71.6 Å². The van der Waals surface area contributed by atoms with Gasteiger partial charge in [-0.2, -0.15) is 0 Å². The zero-order chi connectivity index (χ0) is 22.8. The molecule has 2 nitrogen and oxygen atoms in total. The van der Waals surface area contributed by atoms with Crippen LogP contribution in [0.2, 0.25) is 10.0 Å². The Hall–Kier alpha value is -3.07. The van der Waals surface area contributed by atoms with Crippen LogP contribution >= 0.6 is 23.2 Å². The summed E-state index contributed by atoms with van der Waals surface area (Å²) < 4.78 is 0. The summed E-state index contributed by atoms with van der Waals surface area (Å²) in [6.07, 6.45) is 1.46. The van der Waals surface area contributed by atoms with Crippen molar-refractivity contribution in [2.45, 2.75) is 18.9 Å². The van der Waals surface area contributed by atoms with E-state index in [-0.39, 0.29) is 17.9 Å². The summed E-state index contributed by atoms with van der Waals surface area (Å²) in [6, 6.07) is 34.1. The average molecular weight is 472 g/mol. The minimum atomic E-state index is -0.0936. The van der Waals surface area contributed by atoms with Crippen LogP contribution in [0.1, 0.15) is 23.6 Å². The molecule has 0 N–H and O–H groups in total. The second-order valence-electron chi connectivity index (χ2n) is 8.45. The number of carbonyl (C=O) groups excluding carboxylic acids is 1. The van der Waals surface area contributed by atoms with Crippen LogP contribution in [0.3, 0.4) is 0 Å². The van der Waals surface area contributed by atoms with Gasteiger partial charge in [-0.3, -0.25) is 4.79 Å². The van der Waals surface area contributed by atoms with Crippen molar-refractivity contribution in [2.75, 3.05) is 4.90 Å². The number of carbonyl (C=O) groups is 1. The molecule has 0 bridgehead atoms. The average Bonchev–Trinajstić information content (AvgIpc) is 3.17. The van der Waals surface area contributed by atoms with Gasteiger partial charge in [-0.1, -0.05) is 89.9 Å². The van der Waals surface area contributed by atoms with Gasteiger partial charge in [0.15, 0.2) is 0 Å². The first-order valence-electron chi connectivity index (χ1n) is 11.1. The van der Waals surface area contributed by atoms with Crippen molar-refractivity contribution in [1.29, 1.82) is 0 Å². The molecule has 0 aromatic heterocycles. The number of hydrogen-bond acceptors (Lipinski definition) is 1. The summed E-state index contributed by atoms with van der Waals surface area (Å²) in [4.78, 5) is 15.5. The molecule has 1 heterocycles. The summed E-state index contributed by atoms with van der Waals surface area (Å²) in [5, 5.41) is 1.35. The quantitative estimate of drug-likeness (QED) is 0.288. The first-order valence-corrected chi connectivity index (χ1v) is 11.8. The Bertz CT molecular complexity index is 1240. The van der Waals surface area contributed by atoms with Gasteiger partial charge in [0, 0.05) is 21.7 Å². The summed E-state index contributed by atoms with van der Waals surface area (Å²) in [5.74, 6) is 0.0494. The van der Waals surface area contributed by atoms with Gasteiger partial charge >= 0.3 is 0 Å². The first kappa shape index (κ1) is 21.8. The molecular formula is C29H23Cl2NO. The number of nitrogens with zero attached hydrogens (tertiary/aromatic N) is 1. The number of halogens is 2. The molecule has 0 aliphatic carbocycles. The molecule has 1 amide bonds. The molecule has 0 saturated carbocycles. The standard InChI is InChI=1S/C29H23Cl2NO/c30-25-12-10-23(11-13-25)28-19-24(29(33)32(28)27-16-14-26(31)15-17-27)18-20-6-8-22(9-7-20)21-4-2-1-3-5-21/h1-17,24,28H,18-19H2. The van der Waals surface area contributed by atoms with Crippen LogP contribution in [-0.4, -0.2) is 5.91 Å². The Morgan fingerprint density at radius 2 is 1.27 bits per heavy atom. The highest BCUT2D eigenvalue weighted by atomic mass is 35.5. The third-order valence-corrected chi connectivity index (χ3v) is 6.81. The van der Waals surface area contributed by atoms with Crippen LogP contribution in [0, 0.1) is 5.92 Å². The topological polar surface area (TPSA) is 20.3 Å². The highest BCUT2D eigenvalue weighted by molar-refractivity contribution is 6.30. The van der Waals surface area contributed by atoms with Crippen molar-refractivity contribution in [3.63, 3.8) is 0 Å². The highest BCUT2D eigenvalue weighted by Gasteiger charge is 2.40. The first-order chi connectivity index (χ1) is 16.1. The normalized spacial score (nSPS) is 18.0. The summed E-state index contributed by atoms with van der Waals surface area (Å²) in [6.45, 7) is 0. The fraction of sp³-hybridized carbons (Fsp3) is 0.138. The monoisotopic (exact) mass is 471 g/mol. The molecule has 2 unspecified atom stereocenters. The number of hydrogen-bond donors (Lipinski definition) is 0. The van der Waals surface area contributed by atoms with Crippen molar-refractivity contribution in [3.8, 4) is 11.1 Å². The van der Waals surface area contributed by atoms with Crippen LogP contribution in [-0.2, 0) is 11.2 Å². The zero-order valence-electron chi connectivity index (χ0n) is 18.0. The molecule has 1 fully saturated rings. The Morgan fingerprint density at radius 1 is 0.697 bits per heavy atom. The molecule has 2 atom stereocenters. The van der Waals surface area contributed by atoms with Gasteiger partial charge in [0.25, 0.3) is 0 Å². The predicted molar refractivity (Wildman–Crippen MR) is 137 cm³/mol. The van der Waals surface area contributed by atoms with E-state index >= 15 is 0 Å². The van der Waals surface area contributed by atoms with Gasteiger partial charge in [-0.15, -0.1) is 0 Å². The lowest BCUT2D eigenvalue weighted by molar-refractivity contribution is -0.120. The third-order valence-electron chi connectivity index (χ3n) is 6.31. The van der Waals surface area contributed by atoms with Crippen LogP contribution in [0.25, 0.3) is 11.1 Å². The van der Waals surface area contributed by atoms with Gasteiger partial charge in [-0.25, -0.2) is 0 Å². The highest BCUT2D eigenvalue weighted by Crippen LogP contribution is 2.41. The molecule has 4 aromatic rings. The van der Waals surface area contributed by atoms with E-state index in [1.54, 1.807) is 0 Å². The molecule has 1 aliphatic rings. The lowest BCUT2D eigenvalue weighted by Gasteiger charge is -2.25. The van der Waals surface area contributed by atoms with E-state index in [1.165, 1.54) is 16.7 Å². The molecule has 4 aromatic carbocycles. The predicted octanol–water partition coefficient (Wildman–Crippen LogP) is 8.00. The fourth-order valence-electron chi connectivity index (χ4n) is 4.62. The van der Waals surface area contributed by atoms with E-state index < -0.39 is 0 Å². The Morgan fingerprint density at radius 3 is 1.91 bits per heavy atom. The van der Waals surface area contributed by atoms with Crippen LogP contribution in [0.15, 0.2) is 103 Å². The Kier molecular flexibility index (Phi) is 6.22. The van der Waals surface area contributed by atoms with Gasteiger partial charge < -0.3 is 4.90 Å². The van der Waals surface area contributed by atoms with Crippen molar-refractivity contribution in [1.82, 2.24) is 0 Å². The number of amides is 1. The van der Waals surface area contributed by atoms with Crippen LogP contribution < -0.4 is 4.90 Å². The van der Waals surface area contributed by atoms with Gasteiger partial charge in [0.05, 0.1) is 6.04 Å². The maximum atomic E-state index is 13.6. The molecule has 164 valence electrons. The lowest BCUT2D eigenvalue weighted by Crippen LogP contribution is -2.29. The second-order valence-corrected chi connectivity index (χ2v) is 9.32. The SMILES string of the molecule is O=C1C(Cc2ccc(-c3ccccc3)cc2)CC(c2ccc(Cl)cc2)N1c1ccc(Cl)cc1. The second kappa shape index (κ2) is 9.43. The molecule has 1 saturated heterocycles. The van der Waals surface area contributed by atoms with Gasteiger partial charge in [0.2, 0.25) is 5.91 Å². The van der Waals surface area contributed by atoms with Gasteiger partial charge in [0.1, 0.15) is 0 Å². The Balaban J connectivity index is 1.41. The third kappa shape index (κ3) is 4.68. The zero-order valence-corrected chi connectivity index (χ0v) is 19.5. The number of anilines is 1. The molecule has 0 radical (unpaired) electrons. The summed E-state index contributed by atoms with van der Waals surface area (Å²) in [5.41, 5.74) is 5.49. The summed E-state index contributed by atoms with van der Waals surface area (Å²) >= 11 is 12.2. The summed E-state index contributed by atoms with van der Waals surface area (Å²) in [7, 11) is 0. The minimum Gasteiger partial charge on any atom is -0.305 e. The molecule has 0 spiro atoms. The smallest absolute Gasteiger partial charge is 0.231 e. The van der Waals surface area contributed by atoms with Crippen molar-refractivity contribution >= 4 is 34.8 Å². The fourth-order valence-corrected chi connectivity index (χ4v) is 4.88. The van der Waals surface area contributed by atoms with Crippen LogP contribution in [0.5, 0.6) is 0 Å². The van der Waals surface area contributed by atoms with Crippen molar-refractivity contribution in [3.05, 3.63) is 124 Å². The molecule has 1 aliphatic heterocycles. The number of benzene rings is 4. The maximum Gasteiger partial charge on any atom is 0.231 e.